The molecule has 2 nitrogen and oxygen atoms in total. The molecular formula is C13H9NOS. The molecular weight excluding hydrogens is 218 g/mol. The van der Waals surface area contributed by atoms with E-state index in [1.54, 1.807) is 11.3 Å². The van der Waals surface area contributed by atoms with Crippen LogP contribution in [0.4, 0.5) is 0 Å². The number of thiophene rings is 1. The molecule has 0 unspecified atom stereocenters. The molecule has 3 heteroatoms. The molecule has 0 bridgehead atoms. The number of rotatable bonds is 2. The number of aldehydes is 1. The highest BCUT2D eigenvalue weighted by molar-refractivity contribution is 7.13. The van der Waals surface area contributed by atoms with E-state index < -0.39 is 0 Å². The summed E-state index contributed by atoms with van der Waals surface area (Å²) in [5.74, 6) is 0. The van der Waals surface area contributed by atoms with Gasteiger partial charge in [0.2, 0.25) is 0 Å². The van der Waals surface area contributed by atoms with Gasteiger partial charge in [0.15, 0.2) is 6.29 Å². The van der Waals surface area contributed by atoms with E-state index in [1.165, 1.54) is 0 Å². The van der Waals surface area contributed by atoms with Crippen LogP contribution in [-0.2, 0) is 0 Å². The Balaban J connectivity index is 2.37. The van der Waals surface area contributed by atoms with E-state index in [0.29, 0.717) is 0 Å². The molecule has 1 N–H and O–H groups in total. The van der Waals surface area contributed by atoms with Crippen molar-refractivity contribution in [3.63, 3.8) is 0 Å². The molecule has 0 atom stereocenters. The number of para-hydroxylation sites is 1. The standard InChI is InChI=1S/C13H9NOS/c15-8-10-9-4-1-2-5-11(9)14-13(10)12-6-3-7-16-12/h1-8,14H. The molecule has 0 aliphatic carbocycles. The Morgan fingerprint density at radius 1 is 1.12 bits per heavy atom. The van der Waals surface area contributed by atoms with Gasteiger partial charge in [0, 0.05) is 16.5 Å². The summed E-state index contributed by atoms with van der Waals surface area (Å²) in [6.07, 6.45) is 0.924. The van der Waals surface area contributed by atoms with Gasteiger partial charge >= 0.3 is 0 Å². The average Bonchev–Trinajstić information content (AvgIpc) is 2.95. The normalized spacial score (nSPS) is 10.8. The van der Waals surface area contributed by atoms with Crippen LogP contribution in [0.3, 0.4) is 0 Å². The first-order chi connectivity index (χ1) is 7.90. The Bertz CT molecular complexity index is 637. The van der Waals surface area contributed by atoms with Crippen LogP contribution in [-0.4, -0.2) is 11.3 Å². The Morgan fingerprint density at radius 2 is 2.00 bits per heavy atom. The van der Waals surface area contributed by atoms with E-state index in [4.69, 9.17) is 0 Å². The lowest BCUT2D eigenvalue weighted by Crippen LogP contribution is -1.80. The summed E-state index contributed by atoms with van der Waals surface area (Å²) < 4.78 is 0. The number of fused-ring (bicyclic) bond motifs is 1. The maximum absolute atomic E-state index is 11.2. The summed E-state index contributed by atoms with van der Waals surface area (Å²) in [6, 6.07) is 11.9. The Kier molecular flexibility index (Phi) is 2.11. The second kappa shape index (κ2) is 3.61. The molecule has 3 rings (SSSR count). The van der Waals surface area contributed by atoms with Gasteiger partial charge in [0.05, 0.1) is 10.6 Å². The largest absolute Gasteiger partial charge is 0.353 e. The van der Waals surface area contributed by atoms with Crippen LogP contribution in [0.25, 0.3) is 21.5 Å². The second-order valence-electron chi connectivity index (χ2n) is 3.55. The number of hydrogen-bond acceptors (Lipinski definition) is 2. The molecule has 2 heterocycles. The van der Waals surface area contributed by atoms with E-state index in [0.717, 1.165) is 33.3 Å². The van der Waals surface area contributed by atoms with Crippen molar-refractivity contribution in [2.24, 2.45) is 0 Å². The number of nitrogens with one attached hydrogen (secondary N) is 1. The molecule has 0 aliphatic rings. The molecule has 78 valence electrons. The number of hydrogen-bond donors (Lipinski definition) is 1. The van der Waals surface area contributed by atoms with Crippen LogP contribution in [0.1, 0.15) is 10.4 Å². The van der Waals surface area contributed by atoms with Crippen LogP contribution in [0.15, 0.2) is 41.8 Å². The highest BCUT2D eigenvalue weighted by Gasteiger charge is 2.12. The summed E-state index contributed by atoms with van der Waals surface area (Å²) in [6.45, 7) is 0. The van der Waals surface area contributed by atoms with E-state index >= 15 is 0 Å². The van der Waals surface area contributed by atoms with E-state index in [-0.39, 0.29) is 0 Å². The number of carbonyl (C=O) groups is 1. The highest BCUT2D eigenvalue weighted by Crippen LogP contribution is 2.31. The zero-order valence-corrected chi connectivity index (χ0v) is 9.25. The van der Waals surface area contributed by atoms with Gasteiger partial charge in [-0.3, -0.25) is 4.79 Å². The van der Waals surface area contributed by atoms with Gasteiger partial charge in [0.25, 0.3) is 0 Å². The lowest BCUT2D eigenvalue weighted by molar-refractivity contribution is 0.112. The fraction of sp³-hybridized carbons (Fsp3) is 0. The number of carbonyl (C=O) groups excluding carboxylic acids is 1. The minimum absolute atomic E-state index is 0.748. The van der Waals surface area contributed by atoms with Crippen LogP contribution in [0.5, 0.6) is 0 Å². The third-order valence-electron chi connectivity index (χ3n) is 2.63. The summed E-state index contributed by atoms with van der Waals surface area (Å²) in [4.78, 5) is 15.6. The van der Waals surface area contributed by atoms with Crippen molar-refractivity contribution in [2.75, 3.05) is 0 Å². The molecule has 0 radical (unpaired) electrons. The average molecular weight is 227 g/mol. The number of H-pyrrole nitrogens is 1. The van der Waals surface area contributed by atoms with Crippen molar-refractivity contribution >= 4 is 28.5 Å². The van der Waals surface area contributed by atoms with Crippen molar-refractivity contribution in [1.29, 1.82) is 0 Å². The quantitative estimate of drug-likeness (QED) is 0.665. The minimum atomic E-state index is 0.748. The number of aromatic amines is 1. The van der Waals surface area contributed by atoms with Crippen molar-refractivity contribution in [3.05, 3.63) is 47.3 Å². The van der Waals surface area contributed by atoms with Crippen LogP contribution < -0.4 is 0 Å². The lowest BCUT2D eigenvalue weighted by Gasteiger charge is -1.93. The van der Waals surface area contributed by atoms with E-state index in [1.807, 2.05) is 41.8 Å². The van der Waals surface area contributed by atoms with Crippen molar-refractivity contribution in [3.8, 4) is 10.6 Å². The predicted molar refractivity (Wildman–Crippen MR) is 67.0 cm³/mol. The SMILES string of the molecule is O=Cc1c(-c2cccs2)[nH]c2ccccc12. The van der Waals surface area contributed by atoms with Gasteiger partial charge in [-0.15, -0.1) is 11.3 Å². The van der Waals surface area contributed by atoms with Gasteiger partial charge < -0.3 is 4.98 Å². The van der Waals surface area contributed by atoms with E-state index in [9.17, 15) is 4.79 Å². The monoisotopic (exact) mass is 227 g/mol. The minimum Gasteiger partial charge on any atom is -0.353 e. The fourth-order valence-electron chi connectivity index (χ4n) is 1.90. The summed E-state index contributed by atoms with van der Waals surface area (Å²) >= 11 is 1.63. The van der Waals surface area contributed by atoms with Crippen LogP contribution >= 0.6 is 11.3 Å². The third-order valence-corrected chi connectivity index (χ3v) is 3.52. The molecule has 0 amide bonds. The molecule has 0 saturated carbocycles. The van der Waals surface area contributed by atoms with Gasteiger partial charge in [-0.1, -0.05) is 24.3 Å². The highest BCUT2D eigenvalue weighted by atomic mass is 32.1. The predicted octanol–water partition coefficient (Wildman–Crippen LogP) is 3.71. The molecule has 0 aliphatic heterocycles. The Labute approximate surface area is 96.5 Å². The molecule has 0 spiro atoms. The van der Waals surface area contributed by atoms with Gasteiger partial charge in [-0.05, 0) is 17.5 Å². The van der Waals surface area contributed by atoms with Gasteiger partial charge in [0.1, 0.15) is 0 Å². The van der Waals surface area contributed by atoms with Crippen molar-refractivity contribution < 1.29 is 4.79 Å². The molecule has 0 saturated heterocycles. The third kappa shape index (κ3) is 1.29. The Hall–Kier alpha value is -1.87. The van der Waals surface area contributed by atoms with Crippen molar-refractivity contribution in [2.45, 2.75) is 0 Å². The second-order valence-corrected chi connectivity index (χ2v) is 4.50. The molecule has 1 aromatic carbocycles. The summed E-state index contributed by atoms with van der Waals surface area (Å²) in [5.41, 5.74) is 2.68. The van der Waals surface area contributed by atoms with Crippen LogP contribution in [0, 0.1) is 0 Å². The first-order valence-electron chi connectivity index (χ1n) is 5.00. The molecule has 2 aromatic heterocycles. The summed E-state index contributed by atoms with van der Waals surface area (Å²) in [7, 11) is 0. The molecule has 3 aromatic rings. The fourth-order valence-corrected chi connectivity index (χ4v) is 2.64. The molecule has 16 heavy (non-hydrogen) atoms. The van der Waals surface area contributed by atoms with Gasteiger partial charge in [-0.25, -0.2) is 0 Å². The zero-order chi connectivity index (χ0) is 11.0. The number of aromatic nitrogens is 1. The maximum atomic E-state index is 11.2. The van der Waals surface area contributed by atoms with Crippen LogP contribution in [0.2, 0.25) is 0 Å². The zero-order valence-electron chi connectivity index (χ0n) is 8.44. The summed E-state index contributed by atoms with van der Waals surface area (Å²) in [5, 5.41) is 3.00. The maximum Gasteiger partial charge on any atom is 0.152 e. The molecule has 0 fully saturated rings. The van der Waals surface area contributed by atoms with Crippen molar-refractivity contribution in [1.82, 2.24) is 4.98 Å². The van der Waals surface area contributed by atoms with E-state index in [2.05, 4.69) is 4.98 Å². The lowest BCUT2D eigenvalue weighted by atomic mass is 10.1. The first kappa shape index (κ1) is 9.36. The Morgan fingerprint density at radius 3 is 2.75 bits per heavy atom. The topological polar surface area (TPSA) is 32.9 Å². The van der Waals surface area contributed by atoms with Gasteiger partial charge in [-0.2, -0.15) is 0 Å². The first-order valence-corrected chi connectivity index (χ1v) is 5.88. The number of benzene rings is 1. The smallest absolute Gasteiger partial charge is 0.152 e.